The van der Waals surface area contributed by atoms with E-state index in [1.807, 2.05) is 0 Å². The van der Waals surface area contributed by atoms with Gasteiger partial charge in [-0.25, -0.2) is 24.3 Å². The van der Waals surface area contributed by atoms with Crippen molar-refractivity contribution in [3.05, 3.63) is 59.4 Å². The number of anilines is 3. The van der Waals surface area contributed by atoms with Crippen LogP contribution in [0.4, 0.5) is 21.8 Å². The fourth-order valence-corrected chi connectivity index (χ4v) is 2.99. The Labute approximate surface area is 205 Å². The highest BCUT2D eigenvalue weighted by molar-refractivity contribution is 6.33. The van der Waals surface area contributed by atoms with Gasteiger partial charge in [-0.3, -0.25) is 4.79 Å². The molecule has 3 heterocycles. The predicted molar refractivity (Wildman–Crippen MR) is 127 cm³/mol. The molecular weight excluding hydrogens is 481 g/mol. The van der Waals surface area contributed by atoms with Gasteiger partial charge in [0, 0.05) is 12.9 Å². The van der Waals surface area contributed by atoms with Crippen LogP contribution in [0.1, 0.15) is 12.5 Å². The third-order valence-corrected chi connectivity index (χ3v) is 4.90. The van der Waals surface area contributed by atoms with Crippen molar-refractivity contribution in [1.29, 1.82) is 0 Å². The number of aliphatic hydroxyl groups excluding tert-OH is 1. The number of hydrogen-bond acceptors (Lipinski definition) is 10. The van der Waals surface area contributed by atoms with Gasteiger partial charge in [-0.05, 0) is 38.1 Å². The Kier molecular flexibility index (Phi) is 8.95. The average molecular weight is 504 g/mol. The number of rotatable bonds is 11. The molecule has 13 heteroatoms. The first kappa shape index (κ1) is 25.9. The maximum absolute atomic E-state index is 13.2. The minimum absolute atomic E-state index is 0.0585. The molecule has 0 aliphatic carbocycles. The van der Waals surface area contributed by atoms with Gasteiger partial charge in [0.1, 0.15) is 18.0 Å². The number of hydrazone groups is 1. The van der Waals surface area contributed by atoms with Crippen molar-refractivity contribution in [2.45, 2.75) is 26.1 Å². The molecule has 184 valence electrons. The molecule has 35 heavy (non-hydrogen) atoms. The Morgan fingerprint density at radius 3 is 2.74 bits per heavy atom. The van der Waals surface area contributed by atoms with Gasteiger partial charge >= 0.3 is 0 Å². The molecule has 0 fully saturated rings. The summed E-state index contributed by atoms with van der Waals surface area (Å²) in [6.07, 6.45) is 1.97. The van der Waals surface area contributed by atoms with E-state index in [2.05, 4.69) is 37.1 Å². The molecule has 0 radical (unpaired) electrons. The molecule has 11 nitrogen and oxygen atoms in total. The Morgan fingerprint density at radius 2 is 2.09 bits per heavy atom. The molecule has 1 amide bonds. The lowest BCUT2D eigenvalue weighted by molar-refractivity contribution is -0.127. The summed E-state index contributed by atoms with van der Waals surface area (Å²) in [6, 6.07) is 5.77. The molecule has 3 rings (SSSR count). The maximum atomic E-state index is 13.2. The van der Waals surface area contributed by atoms with Crippen LogP contribution in [0.2, 0.25) is 5.02 Å². The summed E-state index contributed by atoms with van der Waals surface area (Å²) in [5, 5.41) is 17.4. The lowest BCUT2D eigenvalue weighted by Crippen LogP contribution is -2.39. The molecule has 0 aromatic carbocycles. The lowest BCUT2D eigenvalue weighted by Gasteiger charge is -2.23. The Balaban J connectivity index is 1.88. The second-order valence-electron chi connectivity index (χ2n) is 7.17. The molecule has 0 bridgehead atoms. The number of nitrogens with one attached hydrogen (secondary N) is 1. The minimum Gasteiger partial charge on any atom is -0.461 e. The normalized spacial score (nSPS) is 12.5. The average Bonchev–Trinajstić information content (AvgIpc) is 2.86. The van der Waals surface area contributed by atoms with Crippen LogP contribution >= 0.6 is 11.6 Å². The van der Waals surface area contributed by atoms with Gasteiger partial charge in [-0.2, -0.15) is 10.1 Å². The van der Waals surface area contributed by atoms with Gasteiger partial charge in [-0.15, -0.1) is 0 Å². The first-order chi connectivity index (χ1) is 16.8. The van der Waals surface area contributed by atoms with E-state index in [0.717, 1.165) is 12.3 Å². The molecule has 2 unspecified atom stereocenters. The van der Waals surface area contributed by atoms with Crippen LogP contribution in [0.25, 0.3) is 0 Å². The SMILES string of the molecule is C=NN(c1ncccc1Cl)c1ncnc(OC(COC(C)CO)C(=O)Nc2ccc(F)cn2)c1C. The van der Waals surface area contributed by atoms with Crippen LogP contribution < -0.4 is 15.1 Å². The standard InChI is InChI=1S/C22H23ClFN7O4/c1-13(10-32)34-11-17(21(33)30-18-7-6-15(24)9-27-18)35-22-14(2)19(28-12-29-22)31(25-3)20-16(23)5-4-8-26-20/h4-9,12-13,17,32H,3,10-11H2,1-2H3,(H,27,30,33). The maximum Gasteiger partial charge on any atom is 0.269 e. The van der Waals surface area contributed by atoms with Gasteiger partial charge in [0.15, 0.2) is 11.6 Å². The van der Waals surface area contributed by atoms with Gasteiger partial charge in [0.25, 0.3) is 5.91 Å². The monoisotopic (exact) mass is 503 g/mol. The number of hydrogen-bond donors (Lipinski definition) is 2. The van der Waals surface area contributed by atoms with Gasteiger partial charge in [0.05, 0.1) is 36.1 Å². The second kappa shape index (κ2) is 12.1. The van der Waals surface area contributed by atoms with E-state index in [1.54, 1.807) is 26.0 Å². The smallest absolute Gasteiger partial charge is 0.269 e. The zero-order chi connectivity index (χ0) is 25.4. The van der Waals surface area contributed by atoms with Crippen LogP contribution in [0.5, 0.6) is 5.88 Å². The third kappa shape index (κ3) is 6.66. The number of halogens is 2. The number of aromatic nitrogens is 4. The van der Waals surface area contributed by atoms with Crippen LogP contribution in [-0.2, 0) is 9.53 Å². The van der Waals surface area contributed by atoms with Crippen LogP contribution in [-0.4, -0.2) is 63.1 Å². The number of aliphatic hydroxyl groups is 1. The number of ether oxygens (including phenoxy) is 2. The first-order valence-corrected chi connectivity index (χ1v) is 10.7. The van der Waals surface area contributed by atoms with Crippen molar-refractivity contribution in [3.63, 3.8) is 0 Å². The van der Waals surface area contributed by atoms with Crippen molar-refractivity contribution >= 4 is 41.7 Å². The molecule has 3 aromatic heterocycles. The zero-order valence-corrected chi connectivity index (χ0v) is 19.7. The second-order valence-corrected chi connectivity index (χ2v) is 7.58. The summed E-state index contributed by atoms with van der Waals surface area (Å²) >= 11 is 6.25. The first-order valence-electron chi connectivity index (χ1n) is 10.3. The fourth-order valence-electron chi connectivity index (χ4n) is 2.78. The number of nitrogens with zero attached hydrogens (tertiary/aromatic N) is 6. The molecule has 0 saturated carbocycles. The van der Waals surface area contributed by atoms with Crippen molar-refractivity contribution in [2.75, 3.05) is 23.5 Å². The zero-order valence-electron chi connectivity index (χ0n) is 18.9. The number of pyridine rings is 2. The molecule has 0 spiro atoms. The predicted octanol–water partition coefficient (Wildman–Crippen LogP) is 2.90. The van der Waals surface area contributed by atoms with Crippen molar-refractivity contribution in [3.8, 4) is 5.88 Å². The summed E-state index contributed by atoms with van der Waals surface area (Å²) < 4.78 is 24.5. The molecule has 2 N–H and O–H groups in total. The van der Waals surface area contributed by atoms with E-state index in [1.165, 1.54) is 23.6 Å². The molecule has 0 aliphatic heterocycles. The van der Waals surface area contributed by atoms with Crippen LogP contribution in [0, 0.1) is 12.7 Å². The van der Waals surface area contributed by atoms with Gasteiger partial charge < -0.3 is 19.9 Å². The quantitative estimate of drug-likeness (QED) is 0.299. The molecule has 3 aromatic rings. The van der Waals surface area contributed by atoms with Crippen LogP contribution in [0.15, 0.2) is 48.1 Å². The van der Waals surface area contributed by atoms with Gasteiger partial charge in [-0.1, -0.05) is 11.6 Å². The summed E-state index contributed by atoms with van der Waals surface area (Å²) in [7, 11) is 0. The van der Waals surface area contributed by atoms with Crippen molar-refractivity contribution in [1.82, 2.24) is 19.9 Å². The Hall–Kier alpha value is -3.74. The summed E-state index contributed by atoms with van der Waals surface area (Å²) in [5.41, 5.74) is 0.412. The summed E-state index contributed by atoms with van der Waals surface area (Å²) in [6.45, 7) is 6.38. The number of carbonyl (C=O) groups excluding carboxylic acids is 1. The van der Waals surface area contributed by atoms with Gasteiger partial charge in [0.2, 0.25) is 12.0 Å². The third-order valence-electron chi connectivity index (χ3n) is 4.61. The van der Waals surface area contributed by atoms with Crippen molar-refractivity contribution in [2.24, 2.45) is 5.10 Å². The number of amides is 1. The van der Waals surface area contributed by atoms with E-state index in [4.69, 9.17) is 21.1 Å². The molecule has 0 saturated heterocycles. The Morgan fingerprint density at radius 1 is 1.29 bits per heavy atom. The van der Waals surface area contributed by atoms with Crippen molar-refractivity contribution < 1.29 is 23.8 Å². The molecular formula is C22H23ClFN7O4. The molecule has 2 atom stereocenters. The van der Waals surface area contributed by atoms with Crippen LogP contribution in [0.3, 0.4) is 0 Å². The number of carbonyl (C=O) groups is 1. The van der Waals surface area contributed by atoms with E-state index in [9.17, 15) is 14.3 Å². The summed E-state index contributed by atoms with van der Waals surface area (Å²) in [5.74, 6) is -0.438. The highest BCUT2D eigenvalue weighted by Crippen LogP contribution is 2.33. The lowest BCUT2D eigenvalue weighted by atomic mass is 10.3. The highest BCUT2D eigenvalue weighted by atomic mass is 35.5. The Bertz CT molecular complexity index is 1170. The van der Waals surface area contributed by atoms with E-state index >= 15 is 0 Å². The van der Waals surface area contributed by atoms with E-state index in [0.29, 0.717) is 10.6 Å². The minimum atomic E-state index is -1.21. The highest BCUT2D eigenvalue weighted by Gasteiger charge is 2.26. The van der Waals surface area contributed by atoms with E-state index in [-0.39, 0.29) is 36.5 Å². The topological polar surface area (TPSA) is 135 Å². The summed E-state index contributed by atoms with van der Waals surface area (Å²) in [4.78, 5) is 29.3. The molecule has 0 aliphatic rings. The fraction of sp³-hybridized carbons (Fsp3) is 0.273. The van der Waals surface area contributed by atoms with E-state index < -0.39 is 23.9 Å². The largest absolute Gasteiger partial charge is 0.461 e.